The van der Waals surface area contributed by atoms with Crippen molar-refractivity contribution in [1.82, 2.24) is 0 Å². The van der Waals surface area contributed by atoms with Crippen LogP contribution >= 0.6 is 0 Å². The SMILES string of the molecule is C[C@H]1CCCC[C@H]1OCc1ccccc1. The van der Waals surface area contributed by atoms with Gasteiger partial charge in [-0.2, -0.15) is 0 Å². The van der Waals surface area contributed by atoms with Crippen LogP contribution in [-0.4, -0.2) is 6.10 Å². The first-order valence-electron chi connectivity index (χ1n) is 6.02. The molecule has 0 saturated heterocycles. The minimum absolute atomic E-state index is 0.485. The third-order valence-electron chi connectivity index (χ3n) is 3.34. The Hall–Kier alpha value is -0.820. The summed E-state index contributed by atoms with van der Waals surface area (Å²) in [5.74, 6) is 0.738. The number of benzene rings is 1. The van der Waals surface area contributed by atoms with Crippen LogP contribution in [-0.2, 0) is 11.3 Å². The number of hydrogen-bond acceptors (Lipinski definition) is 1. The minimum atomic E-state index is 0.485. The molecule has 0 heterocycles. The molecule has 82 valence electrons. The average Bonchev–Trinajstić information content (AvgIpc) is 2.29. The van der Waals surface area contributed by atoms with Gasteiger partial charge >= 0.3 is 0 Å². The second-order valence-corrected chi connectivity index (χ2v) is 4.60. The molecular weight excluding hydrogens is 184 g/mol. The molecule has 1 aliphatic carbocycles. The van der Waals surface area contributed by atoms with Crippen molar-refractivity contribution in [3.05, 3.63) is 35.9 Å². The predicted molar refractivity (Wildman–Crippen MR) is 62.7 cm³/mol. The summed E-state index contributed by atoms with van der Waals surface area (Å²) in [5.41, 5.74) is 1.29. The van der Waals surface area contributed by atoms with E-state index in [0.29, 0.717) is 6.10 Å². The molecule has 2 atom stereocenters. The van der Waals surface area contributed by atoms with E-state index < -0.39 is 0 Å². The monoisotopic (exact) mass is 204 g/mol. The molecule has 0 spiro atoms. The van der Waals surface area contributed by atoms with Gasteiger partial charge in [-0.25, -0.2) is 0 Å². The van der Waals surface area contributed by atoms with Crippen molar-refractivity contribution in [3.63, 3.8) is 0 Å². The molecule has 1 aromatic carbocycles. The van der Waals surface area contributed by atoms with E-state index in [1.165, 1.54) is 31.2 Å². The van der Waals surface area contributed by atoms with E-state index in [9.17, 15) is 0 Å². The van der Waals surface area contributed by atoms with Crippen LogP contribution in [0.15, 0.2) is 30.3 Å². The Morgan fingerprint density at radius 1 is 1.13 bits per heavy atom. The fourth-order valence-corrected chi connectivity index (χ4v) is 2.31. The first-order chi connectivity index (χ1) is 7.36. The van der Waals surface area contributed by atoms with Crippen LogP contribution in [0.5, 0.6) is 0 Å². The zero-order chi connectivity index (χ0) is 10.5. The Balaban J connectivity index is 1.82. The van der Waals surface area contributed by atoms with Crippen molar-refractivity contribution in [3.8, 4) is 0 Å². The third-order valence-corrected chi connectivity index (χ3v) is 3.34. The van der Waals surface area contributed by atoms with Crippen LogP contribution < -0.4 is 0 Å². The van der Waals surface area contributed by atoms with Gasteiger partial charge in [0.25, 0.3) is 0 Å². The molecule has 2 rings (SSSR count). The Kier molecular flexibility index (Phi) is 3.79. The lowest BCUT2D eigenvalue weighted by Gasteiger charge is -2.28. The molecular formula is C14H20O. The lowest BCUT2D eigenvalue weighted by molar-refractivity contribution is -0.0154. The van der Waals surface area contributed by atoms with E-state index in [1.54, 1.807) is 0 Å². The average molecular weight is 204 g/mol. The molecule has 1 nitrogen and oxygen atoms in total. The molecule has 0 aliphatic heterocycles. The predicted octanol–water partition coefficient (Wildman–Crippen LogP) is 3.78. The van der Waals surface area contributed by atoms with Crippen molar-refractivity contribution in [2.45, 2.75) is 45.3 Å². The molecule has 1 saturated carbocycles. The highest BCUT2D eigenvalue weighted by Gasteiger charge is 2.21. The lowest BCUT2D eigenvalue weighted by Crippen LogP contribution is -2.25. The number of hydrogen-bond donors (Lipinski definition) is 0. The summed E-state index contributed by atoms with van der Waals surface area (Å²) >= 11 is 0. The van der Waals surface area contributed by atoms with Gasteiger partial charge in [-0.15, -0.1) is 0 Å². The smallest absolute Gasteiger partial charge is 0.0720 e. The molecule has 1 aliphatic rings. The largest absolute Gasteiger partial charge is 0.373 e. The van der Waals surface area contributed by atoms with Gasteiger partial charge < -0.3 is 4.74 Å². The normalized spacial score (nSPS) is 26.5. The second kappa shape index (κ2) is 5.32. The maximum atomic E-state index is 5.98. The fraction of sp³-hybridized carbons (Fsp3) is 0.571. The summed E-state index contributed by atoms with van der Waals surface area (Å²) in [5, 5.41) is 0. The summed E-state index contributed by atoms with van der Waals surface area (Å²) < 4.78 is 5.98. The fourth-order valence-electron chi connectivity index (χ4n) is 2.31. The Morgan fingerprint density at radius 2 is 1.87 bits per heavy atom. The van der Waals surface area contributed by atoms with Crippen LogP contribution in [0.1, 0.15) is 38.2 Å². The molecule has 0 radical (unpaired) electrons. The van der Waals surface area contributed by atoms with Crippen LogP contribution in [0.4, 0.5) is 0 Å². The first-order valence-corrected chi connectivity index (χ1v) is 6.02. The Bertz CT molecular complexity index is 281. The van der Waals surface area contributed by atoms with Crippen molar-refractivity contribution < 1.29 is 4.74 Å². The van der Waals surface area contributed by atoms with Gasteiger partial charge in [0.15, 0.2) is 0 Å². The number of ether oxygens (including phenoxy) is 1. The lowest BCUT2D eigenvalue weighted by atomic mass is 9.88. The van der Waals surface area contributed by atoms with Crippen molar-refractivity contribution >= 4 is 0 Å². The minimum Gasteiger partial charge on any atom is -0.373 e. The third kappa shape index (κ3) is 3.07. The van der Waals surface area contributed by atoms with E-state index >= 15 is 0 Å². The zero-order valence-corrected chi connectivity index (χ0v) is 9.49. The maximum absolute atomic E-state index is 5.98. The topological polar surface area (TPSA) is 9.23 Å². The van der Waals surface area contributed by atoms with Crippen molar-refractivity contribution in [1.29, 1.82) is 0 Å². The summed E-state index contributed by atoms with van der Waals surface area (Å²) in [6.07, 6.45) is 5.78. The summed E-state index contributed by atoms with van der Waals surface area (Å²) in [4.78, 5) is 0. The zero-order valence-electron chi connectivity index (χ0n) is 9.49. The molecule has 0 aromatic heterocycles. The summed E-state index contributed by atoms with van der Waals surface area (Å²) in [6, 6.07) is 10.5. The highest BCUT2D eigenvalue weighted by molar-refractivity contribution is 5.13. The van der Waals surface area contributed by atoms with E-state index in [0.717, 1.165) is 12.5 Å². The highest BCUT2D eigenvalue weighted by Crippen LogP contribution is 2.26. The van der Waals surface area contributed by atoms with Crippen LogP contribution in [0.2, 0.25) is 0 Å². The van der Waals surface area contributed by atoms with Gasteiger partial charge in [0, 0.05) is 0 Å². The Morgan fingerprint density at radius 3 is 2.60 bits per heavy atom. The summed E-state index contributed by atoms with van der Waals surface area (Å²) in [6.45, 7) is 3.09. The maximum Gasteiger partial charge on any atom is 0.0720 e. The Labute approximate surface area is 92.5 Å². The standard InChI is InChI=1S/C14H20O/c1-12-7-5-6-10-14(12)15-11-13-8-3-2-4-9-13/h2-4,8-9,12,14H,5-7,10-11H2,1H3/t12-,14+/m0/s1. The molecule has 1 aromatic rings. The quantitative estimate of drug-likeness (QED) is 0.728. The van der Waals surface area contributed by atoms with E-state index in [2.05, 4.69) is 31.2 Å². The molecule has 15 heavy (non-hydrogen) atoms. The van der Waals surface area contributed by atoms with Gasteiger partial charge in [0.2, 0.25) is 0 Å². The number of rotatable bonds is 3. The van der Waals surface area contributed by atoms with E-state index in [-0.39, 0.29) is 0 Å². The highest BCUT2D eigenvalue weighted by atomic mass is 16.5. The second-order valence-electron chi connectivity index (χ2n) is 4.60. The molecule has 1 fully saturated rings. The van der Waals surface area contributed by atoms with Crippen LogP contribution in [0, 0.1) is 5.92 Å². The van der Waals surface area contributed by atoms with Crippen molar-refractivity contribution in [2.75, 3.05) is 0 Å². The van der Waals surface area contributed by atoms with Gasteiger partial charge in [0.05, 0.1) is 12.7 Å². The van der Waals surface area contributed by atoms with Gasteiger partial charge in [-0.1, -0.05) is 50.1 Å². The molecule has 0 N–H and O–H groups in total. The molecule has 0 bridgehead atoms. The van der Waals surface area contributed by atoms with E-state index in [4.69, 9.17) is 4.74 Å². The first kappa shape index (κ1) is 10.7. The van der Waals surface area contributed by atoms with Crippen LogP contribution in [0.3, 0.4) is 0 Å². The summed E-state index contributed by atoms with van der Waals surface area (Å²) in [7, 11) is 0. The van der Waals surface area contributed by atoms with Crippen molar-refractivity contribution in [2.24, 2.45) is 5.92 Å². The molecule has 1 heteroatoms. The van der Waals surface area contributed by atoms with Gasteiger partial charge in [-0.3, -0.25) is 0 Å². The van der Waals surface area contributed by atoms with Crippen LogP contribution in [0.25, 0.3) is 0 Å². The van der Waals surface area contributed by atoms with Gasteiger partial charge in [0.1, 0.15) is 0 Å². The molecule has 0 unspecified atom stereocenters. The van der Waals surface area contributed by atoms with Gasteiger partial charge in [-0.05, 0) is 24.3 Å². The van der Waals surface area contributed by atoms with E-state index in [1.807, 2.05) is 6.07 Å². The molecule has 0 amide bonds.